The van der Waals surface area contributed by atoms with Gasteiger partial charge in [0.15, 0.2) is 6.61 Å². The van der Waals surface area contributed by atoms with Gasteiger partial charge in [0.2, 0.25) is 0 Å². The first-order chi connectivity index (χ1) is 11.5. The fourth-order valence-corrected chi connectivity index (χ4v) is 1.96. The number of nitriles is 1. The van der Waals surface area contributed by atoms with Crippen LogP contribution in [-0.2, 0) is 4.79 Å². The number of carbonyl (C=O) groups excluding carboxylic acids is 1. The fraction of sp³-hybridized carbons (Fsp3) is 0.118. The summed E-state index contributed by atoms with van der Waals surface area (Å²) in [4.78, 5) is 11.7. The van der Waals surface area contributed by atoms with Crippen LogP contribution in [0.1, 0.15) is 16.7 Å². The van der Waals surface area contributed by atoms with Gasteiger partial charge in [-0.1, -0.05) is 12.1 Å². The summed E-state index contributed by atoms with van der Waals surface area (Å²) in [6.07, 6.45) is 1.27. The Morgan fingerprint density at radius 1 is 1.38 bits per heavy atom. The standard InChI is InChI=1S/C17H15N3O4/c1-11-6-13(21)7-15(22)14(11)9-19-20-17(23)10-24-16-5-3-2-4-12(16)8-18/h2-7,9,21-22H,10H2,1H3,(H,20,23). The maximum absolute atomic E-state index is 11.7. The number of amides is 1. The molecule has 0 radical (unpaired) electrons. The second kappa shape index (κ2) is 7.65. The van der Waals surface area contributed by atoms with Crippen LogP contribution in [-0.4, -0.2) is 28.9 Å². The summed E-state index contributed by atoms with van der Waals surface area (Å²) in [5, 5.41) is 31.7. The fourth-order valence-electron chi connectivity index (χ4n) is 1.96. The average molecular weight is 325 g/mol. The maximum Gasteiger partial charge on any atom is 0.277 e. The highest BCUT2D eigenvalue weighted by molar-refractivity contribution is 5.87. The van der Waals surface area contributed by atoms with Crippen molar-refractivity contribution in [2.24, 2.45) is 5.10 Å². The zero-order valence-electron chi connectivity index (χ0n) is 12.9. The molecule has 0 atom stereocenters. The Morgan fingerprint density at radius 2 is 2.12 bits per heavy atom. The van der Waals surface area contributed by atoms with Crippen LogP contribution in [0.15, 0.2) is 41.5 Å². The number of nitrogens with one attached hydrogen (secondary N) is 1. The molecule has 2 rings (SSSR count). The van der Waals surface area contributed by atoms with E-state index in [9.17, 15) is 15.0 Å². The number of benzene rings is 2. The Bertz CT molecular complexity index is 802. The number of para-hydroxylation sites is 1. The van der Waals surface area contributed by atoms with Gasteiger partial charge in [-0.3, -0.25) is 4.79 Å². The lowest BCUT2D eigenvalue weighted by Crippen LogP contribution is -2.24. The summed E-state index contributed by atoms with van der Waals surface area (Å²) in [7, 11) is 0. The van der Waals surface area contributed by atoms with Gasteiger partial charge in [0.1, 0.15) is 23.3 Å². The van der Waals surface area contributed by atoms with E-state index in [1.165, 1.54) is 18.3 Å². The summed E-state index contributed by atoms with van der Waals surface area (Å²) in [6.45, 7) is 1.38. The van der Waals surface area contributed by atoms with Crippen LogP contribution >= 0.6 is 0 Å². The Morgan fingerprint density at radius 3 is 2.83 bits per heavy atom. The van der Waals surface area contributed by atoms with Gasteiger partial charge in [-0.25, -0.2) is 5.43 Å². The van der Waals surface area contributed by atoms with Crippen LogP contribution in [0.25, 0.3) is 0 Å². The molecule has 0 unspecified atom stereocenters. The van der Waals surface area contributed by atoms with Crippen LogP contribution in [0.2, 0.25) is 0 Å². The number of hydrazone groups is 1. The van der Waals surface area contributed by atoms with E-state index in [-0.39, 0.29) is 18.1 Å². The van der Waals surface area contributed by atoms with Crippen molar-refractivity contribution in [1.82, 2.24) is 5.43 Å². The van der Waals surface area contributed by atoms with Gasteiger partial charge < -0.3 is 14.9 Å². The molecule has 0 aliphatic heterocycles. The molecular weight excluding hydrogens is 310 g/mol. The lowest BCUT2D eigenvalue weighted by molar-refractivity contribution is -0.123. The number of phenolic OH excluding ortho intramolecular Hbond substituents is 2. The van der Waals surface area contributed by atoms with E-state index in [0.717, 1.165) is 0 Å². The molecule has 0 aliphatic carbocycles. The molecule has 0 bridgehead atoms. The molecule has 7 heteroatoms. The highest BCUT2D eigenvalue weighted by atomic mass is 16.5. The molecule has 3 N–H and O–H groups in total. The maximum atomic E-state index is 11.7. The van der Waals surface area contributed by atoms with Crippen molar-refractivity contribution in [1.29, 1.82) is 5.26 Å². The van der Waals surface area contributed by atoms with Crippen LogP contribution in [0.4, 0.5) is 0 Å². The second-order valence-corrected chi connectivity index (χ2v) is 4.89. The summed E-state index contributed by atoms with van der Waals surface area (Å²) < 4.78 is 5.26. The molecule has 0 heterocycles. The highest BCUT2D eigenvalue weighted by Crippen LogP contribution is 2.25. The lowest BCUT2D eigenvalue weighted by Gasteiger charge is -2.07. The molecule has 7 nitrogen and oxygen atoms in total. The third kappa shape index (κ3) is 4.24. The van der Waals surface area contributed by atoms with E-state index in [0.29, 0.717) is 22.4 Å². The molecule has 1 amide bonds. The topological polar surface area (TPSA) is 115 Å². The minimum Gasteiger partial charge on any atom is -0.508 e. The molecule has 2 aromatic rings. The number of nitrogens with zero attached hydrogens (tertiary/aromatic N) is 2. The van der Waals surface area contributed by atoms with Crippen molar-refractivity contribution in [2.45, 2.75) is 6.92 Å². The van der Waals surface area contributed by atoms with Crippen molar-refractivity contribution in [3.8, 4) is 23.3 Å². The van der Waals surface area contributed by atoms with Crippen LogP contribution in [0, 0.1) is 18.3 Å². The van der Waals surface area contributed by atoms with Gasteiger partial charge in [0.25, 0.3) is 5.91 Å². The Balaban J connectivity index is 1.93. The Labute approximate surface area is 138 Å². The van der Waals surface area contributed by atoms with Crippen molar-refractivity contribution in [2.75, 3.05) is 6.61 Å². The zero-order chi connectivity index (χ0) is 17.5. The zero-order valence-corrected chi connectivity index (χ0v) is 12.9. The molecule has 0 spiro atoms. The molecule has 0 aromatic heterocycles. The lowest BCUT2D eigenvalue weighted by atomic mass is 10.1. The van der Waals surface area contributed by atoms with Crippen molar-refractivity contribution in [3.05, 3.63) is 53.1 Å². The van der Waals surface area contributed by atoms with Gasteiger partial charge in [0, 0.05) is 11.6 Å². The minimum absolute atomic E-state index is 0.0595. The predicted octanol–water partition coefficient (Wildman–Crippen LogP) is 1.81. The average Bonchev–Trinajstić information content (AvgIpc) is 2.55. The molecule has 2 aromatic carbocycles. The molecule has 122 valence electrons. The summed E-state index contributed by atoms with van der Waals surface area (Å²) >= 11 is 0. The Kier molecular flexibility index (Phi) is 5.36. The van der Waals surface area contributed by atoms with Crippen LogP contribution < -0.4 is 10.2 Å². The number of phenols is 2. The monoisotopic (exact) mass is 325 g/mol. The van der Waals surface area contributed by atoms with Crippen molar-refractivity contribution in [3.63, 3.8) is 0 Å². The van der Waals surface area contributed by atoms with Gasteiger partial charge in [-0.05, 0) is 30.7 Å². The first-order valence-electron chi connectivity index (χ1n) is 6.97. The third-order valence-electron chi connectivity index (χ3n) is 3.10. The van der Waals surface area contributed by atoms with E-state index >= 15 is 0 Å². The van der Waals surface area contributed by atoms with Gasteiger partial charge in [0.05, 0.1) is 11.8 Å². The number of rotatable bonds is 5. The SMILES string of the molecule is Cc1cc(O)cc(O)c1C=NNC(=O)COc1ccccc1C#N. The minimum atomic E-state index is -0.519. The largest absolute Gasteiger partial charge is 0.508 e. The smallest absolute Gasteiger partial charge is 0.277 e. The van der Waals surface area contributed by atoms with Gasteiger partial charge in [-0.15, -0.1) is 0 Å². The number of hydrogen-bond donors (Lipinski definition) is 3. The highest BCUT2D eigenvalue weighted by Gasteiger charge is 2.07. The molecule has 0 fully saturated rings. The van der Waals surface area contributed by atoms with E-state index in [1.807, 2.05) is 6.07 Å². The number of ether oxygens (including phenoxy) is 1. The predicted molar refractivity (Wildman–Crippen MR) is 86.9 cm³/mol. The number of aryl methyl sites for hydroxylation is 1. The molecule has 0 aliphatic rings. The van der Waals surface area contributed by atoms with Crippen molar-refractivity contribution >= 4 is 12.1 Å². The second-order valence-electron chi connectivity index (χ2n) is 4.89. The summed E-state index contributed by atoms with van der Waals surface area (Å²) in [5.41, 5.74) is 3.57. The normalized spacial score (nSPS) is 10.3. The molecule has 0 saturated carbocycles. The van der Waals surface area contributed by atoms with E-state index in [1.54, 1.807) is 31.2 Å². The van der Waals surface area contributed by atoms with Gasteiger partial charge >= 0.3 is 0 Å². The number of aromatic hydroxyl groups is 2. The quantitative estimate of drug-likeness (QED) is 0.573. The van der Waals surface area contributed by atoms with E-state index in [4.69, 9.17) is 10.00 Å². The summed E-state index contributed by atoms with van der Waals surface area (Å²) in [5.74, 6) is -0.415. The number of carbonyl (C=O) groups is 1. The van der Waals surface area contributed by atoms with Crippen LogP contribution in [0.5, 0.6) is 17.2 Å². The summed E-state index contributed by atoms with van der Waals surface area (Å²) in [6, 6.07) is 11.2. The van der Waals surface area contributed by atoms with Gasteiger partial charge in [-0.2, -0.15) is 10.4 Å². The molecule has 24 heavy (non-hydrogen) atoms. The van der Waals surface area contributed by atoms with E-state index < -0.39 is 5.91 Å². The molecular formula is C17H15N3O4. The first-order valence-corrected chi connectivity index (χ1v) is 6.97. The third-order valence-corrected chi connectivity index (χ3v) is 3.10. The van der Waals surface area contributed by atoms with Crippen LogP contribution in [0.3, 0.4) is 0 Å². The molecule has 0 saturated heterocycles. The van der Waals surface area contributed by atoms with E-state index in [2.05, 4.69) is 10.5 Å². The Hall–Kier alpha value is -3.53. The number of hydrogen-bond acceptors (Lipinski definition) is 6. The first kappa shape index (κ1) is 16.8. The van der Waals surface area contributed by atoms with Crippen molar-refractivity contribution < 1.29 is 19.7 Å².